The van der Waals surface area contributed by atoms with Crippen LogP contribution < -0.4 is 5.76 Å². The van der Waals surface area contributed by atoms with E-state index in [9.17, 15) is 14.0 Å². The van der Waals surface area contributed by atoms with E-state index in [1.165, 1.54) is 4.90 Å². The van der Waals surface area contributed by atoms with E-state index in [2.05, 4.69) is 9.88 Å². The van der Waals surface area contributed by atoms with Gasteiger partial charge in [0.25, 0.3) is 0 Å². The molecule has 2 aliphatic rings. The first-order valence-corrected chi connectivity index (χ1v) is 10.7. The molecule has 7 heteroatoms. The smallest absolute Gasteiger partial charge is 0.408 e. The summed E-state index contributed by atoms with van der Waals surface area (Å²) in [4.78, 5) is 30.7. The number of oxazole rings is 1. The second-order valence-electron chi connectivity index (χ2n) is 8.32. The molecule has 1 aromatic heterocycles. The van der Waals surface area contributed by atoms with Crippen molar-refractivity contribution in [3.63, 3.8) is 0 Å². The van der Waals surface area contributed by atoms with Crippen molar-refractivity contribution in [3.05, 3.63) is 69.7 Å². The molecular formula is C24H26FN3O3. The molecule has 162 valence electrons. The first-order valence-electron chi connectivity index (χ1n) is 11.7. The Morgan fingerprint density at radius 1 is 1.03 bits per heavy atom. The number of aromatic nitrogens is 1. The Hall–Kier alpha value is -2.93. The molecule has 1 atom stereocenters. The van der Waals surface area contributed by atoms with Crippen molar-refractivity contribution in [2.75, 3.05) is 19.6 Å². The first kappa shape index (κ1) is 17.7. The Morgan fingerprint density at radius 3 is 2.52 bits per heavy atom. The average Bonchev–Trinajstić information content (AvgIpc) is 3.40. The molecule has 6 nitrogen and oxygen atoms in total. The van der Waals surface area contributed by atoms with Crippen molar-refractivity contribution < 1.29 is 16.3 Å². The number of nitrogens with one attached hydrogen (secondary N) is 1. The van der Waals surface area contributed by atoms with Crippen LogP contribution in [0.4, 0.5) is 4.39 Å². The van der Waals surface area contributed by atoms with E-state index in [1.54, 1.807) is 24.3 Å². The van der Waals surface area contributed by atoms with Crippen LogP contribution in [0.1, 0.15) is 44.6 Å². The summed E-state index contributed by atoms with van der Waals surface area (Å²) >= 11 is 0. The molecule has 2 aliphatic heterocycles. The highest BCUT2D eigenvalue weighted by molar-refractivity contribution is 5.84. The van der Waals surface area contributed by atoms with Gasteiger partial charge in [0.05, 0.1) is 14.3 Å². The third-order valence-corrected chi connectivity index (χ3v) is 6.44. The van der Waals surface area contributed by atoms with Gasteiger partial charge in [0.2, 0.25) is 5.91 Å². The highest BCUT2D eigenvalue weighted by atomic mass is 19.1. The van der Waals surface area contributed by atoms with Crippen LogP contribution in [-0.4, -0.2) is 46.4 Å². The number of rotatable bonds is 5. The van der Waals surface area contributed by atoms with Crippen LogP contribution in [0.15, 0.2) is 51.7 Å². The summed E-state index contributed by atoms with van der Waals surface area (Å²) in [6.07, 6.45) is 2.34. The summed E-state index contributed by atoms with van der Waals surface area (Å²) in [6, 6.07) is 11.7. The molecule has 0 radical (unpaired) electrons. The van der Waals surface area contributed by atoms with E-state index in [-0.39, 0.29) is 11.9 Å². The third-order valence-electron chi connectivity index (χ3n) is 6.44. The SMILES string of the molecule is [2H]C([2H])(c1ccc(CF)cc1)N1CC[C@H](N2CCC(c3ccc4[nH]c(=O)oc4c3)CC2)C1=O. The number of nitrogens with zero attached hydrogens (tertiary/aromatic N) is 2. The lowest BCUT2D eigenvalue weighted by Gasteiger charge is -2.35. The molecule has 0 unspecified atom stereocenters. The number of hydrogen-bond donors (Lipinski definition) is 1. The van der Waals surface area contributed by atoms with Crippen molar-refractivity contribution in [1.29, 1.82) is 0 Å². The summed E-state index contributed by atoms with van der Waals surface area (Å²) in [7, 11) is 0. The third kappa shape index (κ3) is 4.02. The zero-order valence-electron chi connectivity index (χ0n) is 19.1. The van der Waals surface area contributed by atoms with Gasteiger partial charge in [-0.2, -0.15) is 0 Å². The van der Waals surface area contributed by atoms with Gasteiger partial charge in [-0.15, -0.1) is 0 Å². The van der Waals surface area contributed by atoms with Gasteiger partial charge in [-0.05, 0) is 67.1 Å². The zero-order valence-corrected chi connectivity index (χ0v) is 17.1. The van der Waals surface area contributed by atoms with E-state index < -0.39 is 18.9 Å². The maximum absolute atomic E-state index is 13.2. The molecular weight excluding hydrogens is 397 g/mol. The normalized spacial score (nSPS) is 22.2. The molecule has 2 fully saturated rings. The number of halogens is 1. The van der Waals surface area contributed by atoms with Crippen LogP contribution in [0, 0.1) is 0 Å². The molecule has 5 rings (SSSR count). The molecule has 1 amide bonds. The van der Waals surface area contributed by atoms with Crippen molar-refractivity contribution in [3.8, 4) is 0 Å². The minimum Gasteiger partial charge on any atom is -0.408 e. The van der Waals surface area contributed by atoms with Gasteiger partial charge < -0.3 is 9.32 Å². The maximum atomic E-state index is 13.2. The second kappa shape index (κ2) is 8.30. The van der Waals surface area contributed by atoms with Crippen LogP contribution in [-0.2, 0) is 18.0 Å². The number of fused-ring (bicyclic) bond motifs is 1. The molecule has 0 aliphatic carbocycles. The number of alkyl halides is 1. The van der Waals surface area contributed by atoms with Crippen LogP contribution in [0.3, 0.4) is 0 Å². The van der Waals surface area contributed by atoms with Crippen LogP contribution >= 0.6 is 0 Å². The van der Waals surface area contributed by atoms with Gasteiger partial charge in [0.1, 0.15) is 6.67 Å². The summed E-state index contributed by atoms with van der Waals surface area (Å²) in [5.41, 5.74) is 3.21. The van der Waals surface area contributed by atoms with Crippen LogP contribution in [0.25, 0.3) is 11.1 Å². The lowest BCUT2D eigenvalue weighted by Crippen LogP contribution is -2.45. The highest BCUT2D eigenvalue weighted by Gasteiger charge is 2.37. The Balaban J connectivity index is 1.24. The number of likely N-dealkylation sites (tertiary alicyclic amines) is 2. The van der Waals surface area contributed by atoms with Gasteiger partial charge >= 0.3 is 5.76 Å². The quantitative estimate of drug-likeness (QED) is 0.679. The monoisotopic (exact) mass is 425 g/mol. The number of carbonyl (C=O) groups is 1. The van der Waals surface area contributed by atoms with E-state index in [1.807, 2.05) is 18.2 Å². The maximum Gasteiger partial charge on any atom is 0.417 e. The first-order chi connectivity index (χ1) is 15.9. The number of carbonyl (C=O) groups excluding carboxylic acids is 1. The topological polar surface area (TPSA) is 69.6 Å². The zero-order chi connectivity index (χ0) is 23.2. The molecule has 0 spiro atoms. The molecule has 31 heavy (non-hydrogen) atoms. The number of aromatic amines is 1. The molecule has 2 saturated heterocycles. The van der Waals surface area contributed by atoms with Gasteiger partial charge in [-0.1, -0.05) is 30.3 Å². The predicted molar refractivity (Wildman–Crippen MR) is 115 cm³/mol. The number of H-pyrrole nitrogens is 1. The Bertz CT molecular complexity index is 1220. The fourth-order valence-corrected chi connectivity index (χ4v) is 4.70. The molecule has 1 N–H and O–H groups in total. The van der Waals surface area contributed by atoms with Crippen molar-refractivity contribution in [2.24, 2.45) is 0 Å². The number of hydrogen-bond acceptors (Lipinski definition) is 4. The number of piperidine rings is 1. The van der Waals surface area contributed by atoms with Gasteiger partial charge in [-0.3, -0.25) is 14.7 Å². The lowest BCUT2D eigenvalue weighted by atomic mass is 9.88. The fraction of sp³-hybridized carbons (Fsp3) is 0.417. The van der Waals surface area contributed by atoms with Crippen molar-refractivity contribution in [1.82, 2.24) is 14.8 Å². The predicted octanol–water partition coefficient (Wildman–Crippen LogP) is 3.57. The van der Waals surface area contributed by atoms with E-state index in [0.717, 1.165) is 31.5 Å². The summed E-state index contributed by atoms with van der Waals surface area (Å²) in [6.45, 7) is -0.687. The van der Waals surface area contributed by atoms with Gasteiger partial charge in [0, 0.05) is 13.0 Å². The van der Waals surface area contributed by atoms with Gasteiger partial charge in [-0.25, -0.2) is 9.18 Å². The second-order valence-corrected chi connectivity index (χ2v) is 8.32. The average molecular weight is 426 g/mol. The number of amides is 1. The highest BCUT2D eigenvalue weighted by Crippen LogP contribution is 2.32. The number of benzene rings is 2. The van der Waals surface area contributed by atoms with Crippen molar-refractivity contribution >= 4 is 17.0 Å². The minimum atomic E-state index is -1.94. The van der Waals surface area contributed by atoms with Gasteiger partial charge in [0.15, 0.2) is 5.58 Å². The van der Waals surface area contributed by atoms with E-state index in [0.29, 0.717) is 41.1 Å². The Morgan fingerprint density at radius 2 is 1.77 bits per heavy atom. The summed E-state index contributed by atoms with van der Waals surface area (Å²) in [5.74, 6) is -0.332. The van der Waals surface area contributed by atoms with Crippen LogP contribution in [0.2, 0.25) is 0 Å². The minimum absolute atomic E-state index is 0.191. The standard InChI is InChI=1S/C24H26FN3O3/c25-14-16-1-3-17(4-2-16)15-28-12-9-21(23(28)29)27-10-7-18(8-11-27)19-5-6-20-22(13-19)31-24(30)26-20/h1-6,13,18,21H,7-12,14-15H2,(H,26,30)/t21-/m0/s1/i15D2. The van der Waals surface area contributed by atoms with E-state index >= 15 is 0 Å². The molecule has 0 saturated carbocycles. The largest absolute Gasteiger partial charge is 0.417 e. The van der Waals surface area contributed by atoms with Crippen LogP contribution in [0.5, 0.6) is 0 Å². The molecule has 0 bridgehead atoms. The molecule has 2 aromatic carbocycles. The summed E-state index contributed by atoms with van der Waals surface area (Å²) < 4.78 is 35.1. The summed E-state index contributed by atoms with van der Waals surface area (Å²) in [5, 5.41) is 0. The molecule has 3 heterocycles. The van der Waals surface area contributed by atoms with Crippen molar-refractivity contribution in [2.45, 2.75) is 44.4 Å². The Labute approximate surface area is 182 Å². The fourth-order valence-electron chi connectivity index (χ4n) is 4.70. The Kier molecular flexibility index (Phi) is 4.75. The van der Waals surface area contributed by atoms with E-state index in [4.69, 9.17) is 7.16 Å². The lowest BCUT2D eigenvalue weighted by molar-refractivity contribution is -0.133. The molecule has 3 aromatic rings.